The zero-order chi connectivity index (χ0) is 30.6. The van der Waals surface area contributed by atoms with Crippen LogP contribution in [0.2, 0.25) is 0 Å². The smallest absolute Gasteiger partial charge is 0.383 e. The minimum Gasteiger partial charge on any atom is -0.383 e. The van der Waals surface area contributed by atoms with Crippen molar-refractivity contribution in [2.75, 3.05) is 39.3 Å². The molecule has 232 valence electrons. The number of halogens is 3. The normalized spacial score (nSPS) is 23.5. The van der Waals surface area contributed by atoms with Crippen LogP contribution in [0.15, 0.2) is 67.3 Å². The third-order valence-electron chi connectivity index (χ3n) is 9.38. The number of carbonyl (C=O) groups is 2. The van der Waals surface area contributed by atoms with E-state index in [-0.39, 0.29) is 36.4 Å². The van der Waals surface area contributed by atoms with Gasteiger partial charge in [0, 0.05) is 57.1 Å². The highest BCUT2D eigenvalue weighted by molar-refractivity contribution is 5.80. The summed E-state index contributed by atoms with van der Waals surface area (Å²) in [6.07, 6.45) is 1.69. The summed E-state index contributed by atoms with van der Waals surface area (Å²) in [5.74, 6) is 0.103. The van der Waals surface area contributed by atoms with Gasteiger partial charge in [-0.1, -0.05) is 55.0 Å². The van der Waals surface area contributed by atoms with Gasteiger partial charge in [0.1, 0.15) is 5.60 Å². The Morgan fingerprint density at radius 1 is 1.05 bits per heavy atom. The summed E-state index contributed by atoms with van der Waals surface area (Å²) in [5, 5.41) is 14.8. The first-order chi connectivity index (χ1) is 20.6. The van der Waals surface area contributed by atoms with Crippen molar-refractivity contribution in [2.45, 2.75) is 56.5 Å². The summed E-state index contributed by atoms with van der Waals surface area (Å²) in [5.41, 5.74) is -0.423. The maximum atomic E-state index is 13.1. The molecular formula is C33H41F3N4O3. The Balaban J connectivity index is 1.18. The molecular weight excluding hydrogens is 557 g/mol. The highest BCUT2D eigenvalue weighted by atomic mass is 19.4. The van der Waals surface area contributed by atoms with Gasteiger partial charge in [-0.25, -0.2) is 4.79 Å². The van der Waals surface area contributed by atoms with Gasteiger partial charge in [-0.15, -0.1) is 6.58 Å². The molecule has 7 nitrogen and oxygen atoms in total. The molecule has 3 aliphatic rings. The van der Waals surface area contributed by atoms with E-state index in [1.807, 2.05) is 35.2 Å². The molecule has 2 atom stereocenters. The monoisotopic (exact) mass is 598 g/mol. The number of β-amino-alcohol motifs (C(OH)–C–C–N with tert-alkyl or cyclic N) is 1. The fourth-order valence-corrected chi connectivity index (χ4v) is 6.60. The molecule has 1 saturated carbocycles. The predicted octanol–water partition coefficient (Wildman–Crippen LogP) is 5.01. The Labute approximate surface area is 251 Å². The lowest BCUT2D eigenvalue weighted by atomic mass is 9.83. The molecule has 1 aliphatic carbocycles. The number of aliphatic hydroxyl groups is 1. The first-order valence-corrected chi connectivity index (χ1v) is 15.2. The Morgan fingerprint density at radius 3 is 2.30 bits per heavy atom. The summed E-state index contributed by atoms with van der Waals surface area (Å²) in [7, 11) is 0. The summed E-state index contributed by atoms with van der Waals surface area (Å²) in [6, 6.07) is 14.1. The van der Waals surface area contributed by atoms with Crippen LogP contribution in [-0.4, -0.2) is 77.1 Å². The van der Waals surface area contributed by atoms with Crippen LogP contribution in [0.3, 0.4) is 0 Å². The number of likely N-dealkylation sites (tertiary alicyclic amines) is 2. The van der Waals surface area contributed by atoms with Gasteiger partial charge in [0.2, 0.25) is 5.91 Å². The third kappa shape index (κ3) is 7.07. The molecule has 5 rings (SSSR count). The van der Waals surface area contributed by atoms with Crippen molar-refractivity contribution >= 4 is 11.9 Å². The van der Waals surface area contributed by atoms with Crippen LogP contribution in [-0.2, 0) is 23.1 Å². The molecule has 0 aromatic heterocycles. The van der Waals surface area contributed by atoms with Crippen molar-refractivity contribution in [1.29, 1.82) is 0 Å². The lowest BCUT2D eigenvalue weighted by Gasteiger charge is -2.40. The average molecular weight is 599 g/mol. The lowest BCUT2D eigenvalue weighted by molar-refractivity contribution is -0.138. The van der Waals surface area contributed by atoms with E-state index in [4.69, 9.17) is 0 Å². The molecule has 0 unspecified atom stereocenters. The minimum absolute atomic E-state index is 0.0184. The number of carbonyl (C=O) groups excluding carboxylic acids is 2. The van der Waals surface area contributed by atoms with E-state index in [0.717, 1.165) is 62.9 Å². The van der Waals surface area contributed by atoms with Crippen molar-refractivity contribution in [3.63, 3.8) is 0 Å². The standard InChI is InChI=1S/C33H41F3N4O3/c1-2-17-40(31(42)37-20-24-11-13-27(14-12-24)33(34,35)36)29-15-18-38(19-16-29)21-28-22-39(30(41)25-7-6-8-25)23-32(28,43)26-9-4-3-5-10-26/h2-5,9-14,25,28-29,43H,1,6-8,15-23H2,(H,37,42)/t28-,32-/m0/s1. The quantitative estimate of drug-likeness (QED) is 0.398. The topological polar surface area (TPSA) is 76.1 Å². The van der Waals surface area contributed by atoms with Crippen LogP contribution in [0.25, 0.3) is 0 Å². The van der Waals surface area contributed by atoms with E-state index >= 15 is 0 Å². The number of rotatable bonds is 9. The van der Waals surface area contributed by atoms with E-state index in [9.17, 15) is 27.9 Å². The second-order valence-electron chi connectivity index (χ2n) is 12.2. The Bertz CT molecular complexity index is 1260. The number of piperidine rings is 1. The number of nitrogens with zero attached hydrogens (tertiary/aromatic N) is 3. The van der Waals surface area contributed by atoms with Crippen molar-refractivity contribution < 1.29 is 27.9 Å². The van der Waals surface area contributed by atoms with Crippen molar-refractivity contribution in [3.05, 3.63) is 83.9 Å². The van der Waals surface area contributed by atoms with Gasteiger partial charge in [0.25, 0.3) is 0 Å². The minimum atomic E-state index is -4.40. The molecule has 3 fully saturated rings. The molecule has 2 aliphatic heterocycles. The number of urea groups is 1. The maximum Gasteiger partial charge on any atom is 0.416 e. The second-order valence-corrected chi connectivity index (χ2v) is 12.2. The Hall–Kier alpha value is -3.37. The lowest BCUT2D eigenvalue weighted by Crippen LogP contribution is -2.52. The highest BCUT2D eigenvalue weighted by Crippen LogP contribution is 2.40. The SMILES string of the molecule is C=CCN(C(=O)NCc1ccc(C(F)(F)F)cc1)C1CCN(C[C@H]2CN(C(=O)C3CCC3)C[C@]2(O)c2ccccc2)CC1. The molecule has 0 spiro atoms. The number of hydrogen-bond acceptors (Lipinski definition) is 4. The summed E-state index contributed by atoms with van der Waals surface area (Å²) in [4.78, 5) is 32.2. The van der Waals surface area contributed by atoms with Gasteiger partial charge in [-0.2, -0.15) is 13.2 Å². The molecule has 2 aromatic carbocycles. The van der Waals surface area contributed by atoms with Gasteiger partial charge >= 0.3 is 12.2 Å². The van der Waals surface area contributed by atoms with Crippen molar-refractivity contribution in [3.8, 4) is 0 Å². The van der Waals surface area contributed by atoms with Gasteiger partial charge in [-0.3, -0.25) is 4.79 Å². The zero-order valence-electron chi connectivity index (χ0n) is 24.4. The van der Waals surface area contributed by atoms with Crippen LogP contribution in [0.1, 0.15) is 48.8 Å². The first-order valence-electron chi connectivity index (χ1n) is 15.2. The van der Waals surface area contributed by atoms with E-state index in [0.29, 0.717) is 31.7 Å². The molecule has 2 N–H and O–H groups in total. The zero-order valence-corrected chi connectivity index (χ0v) is 24.4. The van der Waals surface area contributed by atoms with Gasteiger partial charge in [0.15, 0.2) is 0 Å². The van der Waals surface area contributed by atoms with E-state index < -0.39 is 17.3 Å². The molecule has 2 heterocycles. The number of alkyl halides is 3. The first kappa shape index (κ1) is 31.1. The van der Waals surface area contributed by atoms with Gasteiger partial charge in [-0.05, 0) is 48.9 Å². The Morgan fingerprint density at radius 2 is 1.72 bits per heavy atom. The highest BCUT2D eigenvalue weighted by Gasteiger charge is 2.49. The molecule has 0 bridgehead atoms. The Kier molecular flexibility index (Phi) is 9.46. The van der Waals surface area contributed by atoms with Crippen LogP contribution in [0, 0.1) is 11.8 Å². The van der Waals surface area contributed by atoms with Gasteiger partial charge < -0.3 is 25.1 Å². The molecule has 2 aromatic rings. The number of hydrogen-bond donors (Lipinski definition) is 2. The molecule has 0 radical (unpaired) electrons. The number of amides is 3. The molecule has 43 heavy (non-hydrogen) atoms. The van der Waals surface area contributed by atoms with E-state index in [1.54, 1.807) is 11.0 Å². The molecule has 2 saturated heterocycles. The average Bonchev–Trinajstić information content (AvgIpc) is 3.31. The van der Waals surface area contributed by atoms with Crippen LogP contribution >= 0.6 is 0 Å². The van der Waals surface area contributed by atoms with Crippen molar-refractivity contribution in [2.24, 2.45) is 11.8 Å². The van der Waals surface area contributed by atoms with Crippen molar-refractivity contribution in [1.82, 2.24) is 20.0 Å². The predicted molar refractivity (Wildman–Crippen MR) is 158 cm³/mol. The summed E-state index contributed by atoms with van der Waals surface area (Å²) < 4.78 is 38.6. The number of benzene rings is 2. The van der Waals surface area contributed by atoms with Gasteiger partial charge in [0.05, 0.1) is 12.1 Å². The molecule has 3 amide bonds. The maximum absolute atomic E-state index is 13.1. The fraction of sp³-hybridized carbons (Fsp3) is 0.515. The summed E-state index contributed by atoms with van der Waals surface area (Å²) in [6.45, 7) is 7.24. The molecule has 10 heteroatoms. The van der Waals surface area contributed by atoms with Crippen LogP contribution < -0.4 is 5.32 Å². The number of nitrogens with one attached hydrogen (secondary N) is 1. The fourth-order valence-electron chi connectivity index (χ4n) is 6.60. The van der Waals surface area contributed by atoms with Crippen LogP contribution in [0.4, 0.5) is 18.0 Å². The summed E-state index contributed by atoms with van der Waals surface area (Å²) >= 11 is 0. The third-order valence-corrected chi connectivity index (χ3v) is 9.38. The van der Waals surface area contributed by atoms with E-state index in [1.165, 1.54) is 12.1 Å². The van der Waals surface area contributed by atoms with E-state index in [2.05, 4.69) is 16.8 Å². The largest absolute Gasteiger partial charge is 0.416 e. The van der Waals surface area contributed by atoms with Crippen LogP contribution in [0.5, 0.6) is 0 Å². The second kappa shape index (κ2) is 13.1.